The first-order valence-electron chi connectivity index (χ1n) is 14.7. The first-order valence-corrected chi connectivity index (χ1v) is 14.7. The first kappa shape index (κ1) is 23.7. The van der Waals surface area contributed by atoms with Crippen LogP contribution in [0.5, 0.6) is 5.75 Å². The molecule has 1 saturated heterocycles. The van der Waals surface area contributed by atoms with Gasteiger partial charge in [0.1, 0.15) is 12.4 Å². The van der Waals surface area contributed by atoms with Gasteiger partial charge in [-0.1, -0.05) is 30.3 Å². The maximum Gasteiger partial charge on any atom is 0.254 e. The van der Waals surface area contributed by atoms with Crippen LogP contribution in [0, 0.1) is 17.8 Å². The second kappa shape index (κ2) is 9.74. The molecule has 5 nitrogen and oxygen atoms in total. The molecule has 8 rings (SSSR count). The Balaban J connectivity index is 0.932. The summed E-state index contributed by atoms with van der Waals surface area (Å²) in [4.78, 5) is 15.1. The zero-order chi connectivity index (χ0) is 24.8. The Bertz CT molecular complexity index is 1100. The number of benzene rings is 2. The first-order chi connectivity index (χ1) is 18.1. The Morgan fingerprint density at radius 1 is 0.973 bits per heavy atom. The molecule has 1 amide bonds. The number of carbonyl (C=O) groups is 1. The number of hydrogen-bond donors (Lipinski definition) is 2. The molecule has 5 fully saturated rings. The van der Waals surface area contributed by atoms with E-state index in [-0.39, 0.29) is 11.9 Å². The predicted molar refractivity (Wildman–Crippen MR) is 146 cm³/mol. The summed E-state index contributed by atoms with van der Waals surface area (Å²) in [5, 5.41) is 7.47. The Labute approximate surface area is 221 Å². The Hall–Kier alpha value is -2.37. The molecule has 196 valence electrons. The zero-order valence-corrected chi connectivity index (χ0v) is 22.0. The molecule has 0 spiro atoms. The van der Waals surface area contributed by atoms with E-state index >= 15 is 0 Å². The van der Waals surface area contributed by atoms with Gasteiger partial charge in [-0.2, -0.15) is 0 Å². The second-order valence-corrected chi connectivity index (χ2v) is 12.7. The molecule has 4 saturated carbocycles. The SMILES string of the molecule is O=C1c2cccc(OCc3ccc(CCNC45CC6CC(CC(C6)C4)C5)cc3)c2CN1C1CCCNC1. The van der Waals surface area contributed by atoms with Gasteiger partial charge in [0.15, 0.2) is 0 Å². The number of nitrogens with one attached hydrogen (secondary N) is 2. The minimum atomic E-state index is 0.153. The van der Waals surface area contributed by atoms with E-state index in [4.69, 9.17) is 4.74 Å². The Morgan fingerprint density at radius 2 is 1.70 bits per heavy atom. The molecule has 0 radical (unpaired) electrons. The fourth-order valence-corrected chi connectivity index (χ4v) is 8.62. The highest BCUT2D eigenvalue weighted by atomic mass is 16.5. The molecule has 37 heavy (non-hydrogen) atoms. The van der Waals surface area contributed by atoms with E-state index in [1.54, 1.807) is 0 Å². The third-order valence-corrected chi connectivity index (χ3v) is 10.0. The fraction of sp³-hybridized carbons (Fsp3) is 0.594. The molecular weight excluding hydrogens is 458 g/mol. The van der Waals surface area contributed by atoms with Gasteiger partial charge in [0, 0.05) is 29.3 Å². The minimum absolute atomic E-state index is 0.153. The van der Waals surface area contributed by atoms with Crippen LogP contribution in [-0.4, -0.2) is 42.0 Å². The van der Waals surface area contributed by atoms with Crippen molar-refractivity contribution in [3.8, 4) is 5.75 Å². The molecule has 2 aromatic carbocycles. The van der Waals surface area contributed by atoms with Gasteiger partial charge in [-0.25, -0.2) is 0 Å². The van der Waals surface area contributed by atoms with E-state index < -0.39 is 0 Å². The van der Waals surface area contributed by atoms with E-state index in [1.807, 2.05) is 23.1 Å². The molecule has 2 aromatic rings. The zero-order valence-electron chi connectivity index (χ0n) is 22.0. The van der Waals surface area contributed by atoms with Crippen molar-refractivity contribution in [2.24, 2.45) is 17.8 Å². The highest BCUT2D eigenvalue weighted by molar-refractivity contribution is 5.99. The molecule has 2 aliphatic heterocycles. The molecule has 1 unspecified atom stereocenters. The van der Waals surface area contributed by atoms with Gasteiger partial charge in [0.05, 0.1) is 6.54 Å². The van der Waals surface area contributed by atoms with Gasteiger partial charge in [0.25, 0.3) is 5.91 Å². The van der Waals surface area contributed by atoms with E-state index in [0.717, 1.165) is 73.5 Å². The third-order valence-electron chi connectivity index (χ3n) is 10.0. The molecule has 2 N–H and O–H groups in total. The molecule has 0 aromatic heterocycles. The van der Waals surface area contributed by atoms with Crippen molar-refractivity contribution in [2.45, 2.75) is 82.5 Å². The maximum atomic E-state index is 13.1. The summed E-state index contributed by atoms with van der Waals surface area (Å²) in [6.45, 7) is 4.21. The number of fused-ring (bicyclic) bond motifs is 1. The van der Waals surface area contributed by atoms with Crippen molar-refractivity contribution < 1.29 is 9.53 Å². The third kappa shape index (κ3) is 4.70. The quantitative estimate of drug-likeness (QED) is 0.532. The summed E-state index contributed by atoms with van der Waals surface area (Å²) >= 11 is 0. The van der Waals surface area contributed by atoms with Crippen LogP contribution in [-0.2, 0) is 19.6 Å². The van der Waals surface area contributed by atoms with Gasteiger partial charge in [-0.3, -0.25) is 4.79 Å². The molecule has 4 bridgehead atoms. The van der Waals surface area contributed by atoms with Crippen LogP contribution < -0.4 is 15.4 Å². The topological polar surface area (TPSA) is 53.6 Å². The molecule has 6 aliphatic rings. The number of amides is 1. The Morgan fingerprint density at radius 3 is 2.41 bits per heavy atom. The monoisotopic (exact) mass is 499 g/mol. The lowest BCUT2D eigenvalue weighted by atomic mass is 9.53. The lowest BCUT2D eigenvalue weighted by molar-refractivity contribution is -0.0192. The summed E-state index contributed by atoms with van der Waals surface area (Å²) in [5.74, 6) is 3.99. The van der Waals surface area contributed by atoms with Gasteiger partial charge >= 0.3 is 0 Å². The van der Waals surface area contributed by atoms with E-state index in [2.05, 4.69) is 34.9 Å². The Kier molecular flexibility index (Phi) is 6.25. The predicted octanol–water partition coefficient (Wildman–Crippen LogP) is 5.07. The number of rotatable bonds is 8. The second-order valence-electron chi connectivity index (χ2n) is 12.7. The normalized spacial score (nSPS) is 32.1. The van der Waals surface area contributed by atoms with Crippen LogP contribution in [0.25, 0.3) is 0 Å². The molecule has 1 atom stereocenters. The van der Waals surface area contributed by atoms with Crippen LogP contribution in [0.1, 0.15) is 78.4 Å². The van der Waals surface area contributed by atoms with Gasteiger partial charge in [-0.15, -0.1) is 0 Å². The van der Waals surface area contributed by atoms with Crippen molar-refractivity contribution >= 4 is 5.91 Å². The van der Waals surface area contributed by atoms with E-state index in [1.165, 1.54) is 49.7 Å². The minimum Gasteiger partial charge on any atom is -0.489 e. The summed E-state index contributed by atoms with van der Waals surface area (Å²) in [5.41, 5.74) is 4.87. The van der Waals surface area contributed by atoms with Crippen molar-refractivity contribution in [1.82, 2.24) is 15.5 Å². The van der Waals surface area contributed by atoms with Crippen LogP contribution in [0.3, 0.4) is 0 Å². The summed E-state index contributed by atoms with van der Waals surface area (Å²) in [6, 6.07) is 15.1. The number of piperidine rings is 1. The van der Waals surface area contributed by atoms with Gasteiger partial charge < -0.3 is 20.3 Å². The number of hydrogen-bond acceptors (Lipinski definition) is 4. The summed E-state index contributed by atoms with van der Waals surface area (Å²) in [7, 11) is 0. The summed E-state index contributed by atoms with van der Waals surface area (Å²) < 4.78 is 6.27. The maximum absolute atomic E-state index is 13.1. The molecular formula is C32H41N3O2. The molecule has 5 heteroatoms. The van der Waals surface area contributed by atoms with E-state index in [0.29, 0.717) is 18.7 Å². The van der Waals surface area contributed by atoms with Crippen LogP contribution >= 0.6 is 0 Å². The van der Waals surface area contributed by atoms with E-state index in [9.17, 15) is 4.79 Å². The van der Waals surface area contributed by atoms with Gasteiger partial charge in [-0.05, 0) is 112 Å². The van der Waals surface area contributed by atoms with Crippen LogP contribution in [0.15, 0.2) is 42.5 Å². The lowest BCUT2D eigenvalue weighted by Crippen LogP contribution is -2.58. The largest absolute Gasteiger partial charge is 0.489 e. The van der Waals surface area contributed by atoms with Crippen LogP contribution in [0.4, 0.5) is 0 Å². The smallest absolute Gasteiger partial charge is 0.254 e. The highest BCUT2D eigenvalue weighted by Gasteiger charge is 2.50. The van der Waals surface area contributed by atoms with Crippen molar-refractivity contribution in [3.63, 3.8) is 0 Å². The highest BCUT2D eigenvalue weighted by Crippen LogP contribution is 2.55. The average molecular weight is 500 g/mol. The summed E-state index contributed by atoms with van der Waals surface area (Å²) in [6.07, 6.45) is 12.0. The lowest BCUT2D eigenvalue weighted by Gasteiger charge is -2.57. The van der Waals surface area contributed by atoms with Gasteiger partial charge in [0.2, 0.25) is 0 Å². The van der Waals surface area contributed by atoms with Crippen molar-refractivity contribution in [3.05, 3.63) is 64.7 Å². The van der Waals surface area contributed by atoms with Crippen LogP contribution in [0.2, 0.25) is 0 Å². The molecule has 4 aliphatic carbocycles. The fourth-order valence-electron chi connectivity index (χ4n) is 8.62. The number of ether oxygens (including phenoxy) is 1. The number of nitrogens with zero attached hydrogens (tertiary/aromatic N) is 1. The van der Waals surface area contributed by atoms with Crippen molar-refractivity contribution in [1.29, 1.82) is 0 Å². The standard InChI is InChI=1S/C32H41N3O2/c36-31-28-4-1-5-30(29(28)20-35(31)27-3-2-11-33-19-27)37-21-23-8-6-22(7-9-23)10-12-34-32-16-24-13-25(17-32)15-26(14-24)18-32/h1,4-9,24-27,33-34H,2-3,10-21H2. The molecule has 2 heterocycles. The number of carbonyl (C=O) groups excluding carboxylic acids is 1. The average Bonchev–Trinajstić information content (AvgIpc) is 3.25. The van der Waals surface area contributed by atoms with Crippen molar-refractivity contribution in [2.75, 3.05) is 19.6 Å².